The highest BCUT2D eigenvalue weighted by Gasteiger charge is 2.57. The van der Waals surface area contributed by atoms with Crippen molar-refractivity contribution in [3.63, 3.8) is 0 Å². The lowest BCUT2D eigenvalue weighted by molar-refractivity contribution is -0.151. The number of hydrogen-bond donors (Lipinski definition) is 0. The molecule has 0 saturated carbocycles. The number of fused-ring (bicyclic) bond motifs is 1. The van der Waals surface area contributed by atoms with Crippen LogP contribution >= 0.6 is 24.0 Å². The second-order valence-corrected chi connectivity index (χ2v) is 14.6. The molecular weight excluding hydrogens is 370 g/mol. The van der Waals surface area contributed by atoms with Gasteiger partial charge in [-0.1, -0.05) is 33.4 Å². The van der Waals surface area contributed by atoms with Crippen LogP contribution in [0.1, 0.15) is 34.6 Å². The van der Waals surface area contributed by atoms with E-state index in [2.05, 4.69) is 40.4 Å². The Morgan fingerprint density at radius 1 is 1.48 bits per heavy atom. The minimum atomic E-state index is -1.92. The van der Waals surface area contributed by atoms with Crippen LogP contribution in [0.4, 0.5) is 0 Å². The Hall–Kier alpha value is -0.633. The molecule has 1 fully saturated rings. The average molecular weight is 400 g/mol. The average Bonchev–Trinajstić information content (AvgIpc) is 2.76. The number of hydrogen-bond acceptors (Lipinski definition) is 5. The zero-order valence-electron chi connectivity index (χ0n) is 16.2. The zero-order chi connectivity index (χ0) is 19.2. The molecule has 0 aromatic heterocycles. The van der Waals surface area contributed by atoms with Crippen LogP contribution in [-0.2, 0) is 14.0 Å². The fourth-order valence-corrected chi connectivity index (χ4v) is 6.13. The van der Waals surface area contributed by atoms with Gasteiger partial charge in [0.2, 0.25) is 11.0 Å². The molecule has 2 aliphatic rings. The summed E-state index contributed by atoms with van der Waals surface area (Å²) in [4.78, 5) is 15.6. The molecule has 2 rings (SSSR count). The number of thioether (sulfide) groups is 1. The molecule has 3 atom stereocenters. The standard InChI is InChI=1S/C18H29NO3S2Si/c1-9-10-21-17(23)14-12(3)24-16-13(15(20)19(14)16)11(2)22-25(7,8)18(4,5)6/h9,11,13,16H,1,10H2,2-8H3/t11?,13-,16-/m1/s1. The lowest BCUT2D eigenvalue weighted by atomic mass is 9.92. The molecular formula is C18H29NO3S2Si. The van der Waals surface area contributed by atoms with E-state index in [-0.39, 0.29) is 28.3 Å². The smallest absolute Gasteiger partial charge is 0.236 e. The molecule has 7 heteroatoms. The first kappa shape index (κ1) is 20.7. The van der Waals surface area contributed by atoms with E-state index in [1.165, 1.54) is 0 Å². The molecule has 0 spiro atoms. The monoisotopic (exact) mass is 399 g/mol. The van der Waals surface area contributed by atoms with Crippen LogP contribution in [0.5, 0.6) is 0 Å². The van der Waals surface area contributed by atoms with Gasteiger partial charge in [0, 0.05) is 4.91 Å². The van der Waals surface area contributed by atoms with E-state index in [0.29, 0.717) is 11.7 Å². The number of allylic oxidation sites excluding steroid dienone is 1. The van der Waals surface area contributed by atoms with Gasteiger partial charge in [-0.2, -0.15) is 0 Å². The molecule has 1 unspecified atom stereocenters. The molecule has 140 valence electrons. The molecule has 0 bridgehead atoms. The first-order valence-corrected chi connectivity index (χ1v) is 12.8. The molecule has 4 nitrogen and oxygen atoms in total. The minimum absolute atomic E-state index is 0.0625. The largest absolute Gasteiger partial charge is 0.478 e. The van der Waals surface area contributed by atoms with E-state index in [9.17, 15) is 4.79 Å². The summed E-state index contributed by atoms with van der Waals surface area (Å²) in [6.45, 7) is 19.1. The molecule has 0 N–H and O–H groups in total. The lowest BCUT2D eigenvalue weighted by Gasteiger charge is -2.48. The summed E-state index contributed by atoms with van der Waals surface area (Å²) >= 11 is 7.04. The van der Waals surface area contributed by atoms with Gasteiger partial charge < -0.3 is 9.16 Å². The van der Waals surface area contributed by atoms with Gasteiger partial charge in [0.05, 0.1) is 12.0 Å². The molecule has 0 aliphatic carbocycles. The molecule has 0 aromatic rings. The quantitative estimate of drug-likeness (QED) is 0.280. The third-order valence-electron chi connectivity index (χ3n) is 5.27. The molecule has 1 saturated heterocycles. The number of β-lactam (4-membered cyclic amide) rings is 1. The van der Waals surface area contributed by atoms with Crippen LogP contribution in [-0.4, -0.2) is 42.3 Å². The Kier molecular flexibility index (Phi) is 5.93. The molecule has 0 radical (unpaired) electrons. The van der Waals surface area contributed by atoms with Crippen LogP contribution in [0, 0.1) is 5.92 Å². The summed E-state index contributed by atoms with van der Waals surface area (Å²) in [5.74, 6) is -0.0473. The number of nitrogens with zero attached hydrogens (tertiary/aromatic N) is 1. The van der Waals surface area contributed by atoms with Crippen LogP contribution in [0.2, 0.25) is 18.1 Å². The molecule has 0 aromatic carbocycles. The number of carbonyl (C=O) groups excluding carboxylic acids is 1. The maximum Gasteiger partial charge on any atom is 0.236 e. The first-order chi connectivity index (χ1) is 11.4. The number of carbonyl (C=O) groups is 1. The maximum atomic E-state index is 12.8. The summed E-state index contributed by atoms with van der Waals surface area (Å²) in [6, 6.07) is 0. The second kappa shape index (κ2) is 7.17. The Balaban J connectivity index is 2.10. The third kappa shape index (κ3) is 3.75. The normalized spacial score (nSPS) is 24.8. The van der Waals surface area contributed by atoms with E-state index in [0.717, 1.165) is 10.6 Å². The Morgan fingerprint density at radius 2 is 2.08 bits per heavy atom. The van der Waals surface area contributed by atoms with E-state index < -0.39 is 8.32 Å². The zero-order valence-corrected chi connectivity index (χ0v) is 18.8. The van der Waals surface area contributed by atoms with Crippen molar-refractivity contribution in [1.82, 2.24) is 4.90 Å². The van der Waals surface area contributed by atoms with Crippen molar-refractivity contribution in [3.05, 3.63) is 23.3 Å². The highest BCUT2D eigenvalue weighted by molar-refractivity contribution is 8.04. The fraction of sp³-hybridized carbons (Fsp3) is 0.667. The lowest BCUT2D eigenvalue weighted by Crippen LogP contribution is -2.62. The van der Waals surface area contributed by atoms with Crippen molar-refractivity contribution >= 4 is 43.3 Å². The van der Waals surface area contributed by atoms with E-state index in [1.54, 1.807) is 22.7 Å². The Morgan fingerprint density at radius 3 is 2.60 bits per heavy atom. The van der Waals surface area contributed by atoms with Crippen molar-refractivity contribution < 1.29 is 14.0 Å². The minimum Gasteiger partial charge on any atom is -0.478 e. The SMILES string of the molecule is C=CCOC(=S)C1=C(C)S[C@@H]2[C@H](C(C)O[Si](C)(C)C(C)(C)C)C(=O)N12. The summed E-state index contributed by atoms with van der Waals surface area (Å²) in [5, 5.41) is 0.556. The predicted molar refractivity (Wildman–Crippen MR) is 111 cm³/mol. The first-order valence-electron chi connectivity index (χ1n) is 8.59. The highest BCUT2D eigenvalue weighted by atomic mass is 32.2. The van der Waals surface area contributed by atoms with Gasteiger partial charge in [-0.3, -0.25) is 9.69 Å². The van der Waals surface area contributed by atoms with E-state index in [4.69, 9.17) is 21.4 Å². The predicted octanol–water partition coefficient (Wildman–Crippen LogP) is 4.69. The van der Waals surface area contributed by atoms with Gasteiger partial charge in [0.25, 0.3) is 0 Å². The molecule has 25 heavy (non-hydrogen) atoms. The van der Waals surface area contributed by atoms with Crippen molar-refractivity contribution in [3.8, 4) is 0 Å². The van der Waals surface area contributed by atoms with E-state index >= 15 is 0 Å². The van der Waals surface area contributed by atoms with Gasteiger partial charge in [-0.25, -0.2) is 0 Å². The van der Waals surface area contributed by atoms with Crippen molar-refractivity contribution in [2.24, 2.45) is 5.92 Å². The van der Waals surface area contributed by atoms with Gasteiger partial charge in [-0.05, 0) is 44.2 Å². The number of rotatable bonds is 6. The Labute approximate surface area is 162 Å². The topological polar surface area (TPSA) is 38.8 Å². The van der Waals surface area contributed by atoms with Crippen LogP contribution in [0.3, 0.4) is 0 Å². The Bertz CT molecular complexity index is 624. The van der Waals surface area contributed by atoms with Crippen molar-refractivity contribution in [1.29, 1.82) is 0 Å². The van der Waals surface area contributed by atoms with Gasteiger partial charge in [0.15, 0.2) is 8.32 Å². The molecule has 2 aliphatic heterocycles. The summed E-state index contributed by atoms with van der Waals surface area (Å²) in [6.07, 6.45) is 1.55. The molecule has 2 heterocycles. The second-order valence-electron chi connectivity index (χ2n) is 8.12. The maximum absolute atomic E-state index is 12.8. The van der Waals surface area contributed by atoms with Gasteiger partial charge in [-0.15, -0.1) is 11.8 Å². The van der Waals surface area contributed by atoms with E-state index in [1.807, 2.05) is 13.8 Å². The molecule has 1 amide bonds. The third-order valence-corrected chi connectivity index (χ3v) is 11.5. The van der Waals surface area contributed by atoms with Crippen LogP contribution < -0.4 is 0 Å². The van der Waals surface area contributed by atoms with Crippen LogP contribution in [0.25, 0.3) is 0 Å². The van der Waals surface area contributed by atoms with Crippen molar-refractivity contribution in [2.75, 3.05) is 6.61 Å². The number of thiocarbonyl (C=S) groups is 1. The number of amides is 1. The summed E-state index contributed by atoms with van der Waals surface area (Å²) < 4.78 is 12.0. The fourth-order valence-electron chi connectivity index (χ4n) is 2.85. The highest BCUT2D eigenvalue weighted by Crippen LogP contribution is 2.51. The van der Waals surface area contributed by atoms with Gasteiger partial charge >= 0.3 is 0 Å². The summed E-state index contributed by atoms with van der Waals surface area (Å²) in [5.41, 5.74) is 0.743. The van der Waals surface area contributed by atoms with Crippen LogP contribution in [0.15, 0.2) is 23.3 Å². The van der Waals surface area contributed by atoms with Gasteiger partial charge in [0.1, 0.15) is 17.7 Å². The van der Waals surface area contributed by atoms with Crippen molar-refractivity contribution in [2.45, 2.75) is 64.2 Å². The summed E-state index contributed by atoms with van der Waals surface area (Å²) in [7, 11) is -1.92. The number of ether oxygens (including phenoxy) is 1.